The van der Waals surface area contributed by atoms with Gasteiger partial charge in [0.2, 0.25) is 5.89 Å². The average molecular weight is 259 g/mol. The largest absolute Gasteiger partial charge is 0.508 e. The summed E-state index contributed by atoms with van der Waals surface area (Å²) in [4.78, 5) is 4.36. The molecule has 2 aromatic rings. The molecule has 1 aromatic heterocycles. The van der Waals surface area contributed by atoms with Crippen LogP contribution in [0.3, 0.4) is 0 Å². The second-order valence-electron chi connectivity index (χ2n) is 4.93. The Morgan fingerprint density at radius 3 is 2.79 bits per heavy atom. The maximum atomic E-state index is 9.22. The average Bonchev–Trinajstić information content (AvgIpc) is 3.12. The first-order valence-electron chi connectivity index (χ1n) is 6.62. The van der Waals surface area contributed by atoms with Gasteiger partial charge in [-0.1, -0.05) is 17.3 Å². The highest BCUT2D eigenvalue weighted by Gasteiger charge is 2.20. The quantitative estimate of drug-likeness (QED) is 0.825. The summed E-state index contributed by atoms with van der Waals surface area (Å²) < 4.78 is 5.21. The Labute approximate surface area is 111 Å². The molecule has 0 spiro atoms. The minimum Gasteiger partial charge on any atom is -0.508 e. The van der Waals surface area contributed by atoms with Crippen molar-refractivity contribution in [1.82, 2.24) is 15.5 Å². The van der Waals surface area contributed by atoms with E-state index in [1.807, 2.05) is 12.1 Å². The summed E-state index contributed by atoms with van der Waals surface area (Å²) in [7, 11) is 0. The number of rotatable bonds is 6. The second kappa shape index (κ2) is 5.40. The highest BCUT2D eigenvalue weighted by Crippen LogP contribution is 2.18. The van der Waals surface area contributed by atoms with Crippen LogP contribution >= 0.6 is 0 Å². The van der Waals surface area contributed by atoms with E-state index in [0.717, 1.165) is 18.5 Å². The highest BCUT2D eigenvalue weighted by atomic mass is 16.5. The van der Waals surface area contributed by atoms with Crippen LogP contribution in [0.25, 0.3) is 0 Å². The molecule has 2 N–H and O–H groups in total. The van der Waals surface area contributed by atoms with E-state index in [1.165, 1.54) is 12.8 Å². The summed E-state index contributed by atoms with van der Waals surface area (Å²) >= 11 is 0. The van der Waals surface area contributed by atoms with Crippen LogP contribution in [-0.4, -0.2) is 27.8 Å². The smallest absolute Gasteiger partial charge is 0.227 e. The molecule has 1 saturated carbocycles. The third-order valence-electron chi connectivity index (χ3n) is 3.16. The molecule has 0 radical (unpaired) electrons. The van der Waals surface area contributed by atoms with E-state index in [9.17, 15) is 5.11 Å². The molecule has 1 aliphatic carbocycles. The van der Waals surface area contributed by atoms with Gasteiger partial charge in [0.1, 0.15) is 5.75 Å². The fourth-order valence-corrected chi connectivity index (χ4v) is 1.93. The lowest BCUT2D eigenvalue weighted by Crippen LogP contribution is -2.19. The Kier molecular flexibility index (Phi) is 3.46. The van der Waals surface area contributed by atoms with Crippen molar-refractivity contribution in [3.05, 3.63) is 41.5 Å². The predicted octanol–water partition coefficient (Wildman–Crippen LogP) is 1.66. The number of hydrogen-bond donors (Lipinski definition) is 2. The number of phenolic OH excluding ortho intramolecular Hbond substituents is 1. The number of aromatic hydroxyl groups is 1. The molecule has 100 valence electrons. The summed E-state index contributed by atoms with van der Waals surface area (Å²) in [5, 5.41) is 16.6. The Bertz CT molecular complexity index is 532. The predicted molar refractivity (Wildman–Crippen MR) is 69.9 cm³/mol. The molecule has 5 heteroatoms. The molecule has 0 unspecified atom stereocenters. The first-order valence-corrected chi connectivity index (χ1v) is 6.62. The molecule has 3 rings (SSSR count). The van der Waals surface area contributed by atoms with Crippen molar-refractivity contribution in [1.29, 1.82) is 0 Å². The molecule has 0 bridgehead atoms. The number of phenols is 1. The van der Waals surface area contributed by atoms with Gasteiger partial charge in [0, 0.05) is 25.4 Å². The van der Waals surface area contributed by atoms with E-state index in [0.29, 0.717) is 24.2 Å². The standard InChI is InChI=1S/C14H17N3O2/c18-12-5-1-10(2-6-12)9-13-16-14(19-17-13)7-8-15-11-3-4-11/h1-2,5-6,11,15,18H,3-4,7-9H2. The molecule has 1 fully saturated rings. The van der Waals surface area contributed by atoms with Gasteiger partial charge in [-0.2, -0.15) is 4.98 Å². The van der Waals surface area contributed by atoms with E-state index in [-0.39, 0.29) is 5.75 Å². The van der Waals surface area contributed by atoms with Crippen LogP contribution in [0.5, 0.6) is 5.75 Å². The topological polar surface area (TPSA) is 71.2 Å². The summed E-state index contributed by atoms with van der Waals surface area (Å²) in [5.74, 6) is 1.64. The SMILES string of the molecule is Oc1ccc(Cc2noc(CCNC3CC3)n2)cc1. The van der Waals surface area contributed by atoms with Crippen molar-refractivity contribution in [2.75, 3.05) is 6.54 Å². The lowest BCUT2D eigenvalue weighted by atomic mass is 10.1. The maximum Gasteiger partial charge on any atom is 0.227 e. The van der Waals surface area contributed by atoms with Gasteiger partial charge >= 0.3 is 0 Å². The van der Waals surface area contributed by atoms with Gasteiger partial charge in [0.05, 0.1) is 0 Å². The van der Waals surface area contributed by atoms with Crippen molar-refractivity contribution in [2.24, 2.45) is 0 Å². The second-order valence-corrected chi connectivity index (χ2v) is 4.93. The van der Waals surface area contributed by atoms with Crippen LogP contribution in [0.15, 0.2) is 28.8 Å². The fraction of sp³-hybridized carbons (Fsp3) is 0.429. The number of benzene rings is 1. The summed E-state index contributed by atoms with van der Waals surface area (Å²) in [6, 6.07) is 7.76. The van der Waals surface area contributed by atoms with E-state index >= 15 is 0 Å². The molecule has 1 heterocycles. The van der Waals surface area contributed by atoms with E-state index in [2.05, 4.69) is 15.5 Å². The molecule has 19 heavy (non-hydrogen) atoms. The number of hydrogen-bond acceptors (Lipinski definition) is 5. The molecular formula is C14H17N3O2. The molecule has 0 atom stereocenters. The first kappa shape index (κ1) is 12.2. The van der Waals surface area contributed by atoms with Crippen molar-refractivity contribution in [2.45, 2.75) is 31.7 Å². The zero-order valence-corrected chi connectivity index (χ0v) is 10.7. The van der Waals surface area contributed by atoms with E-state index < -0.39 is 0 Å². The zero-order chi connectivity index (χ0) is 13.1. The van der Waals surface area contributed by atoms with Crippen LogP contribution in [0, 0.1) is 0 Å². The Hall–Kier alpha value is -1.88. The monoisotopic (exact) mass is 259 g/mol. The minimum absolute atomic E-state index is 0.267. The van der Waals surface area contributed by atoms with Crippen LogP contribution in [-0.2, 0) is 12.8 Å². The molecule has 0 aliphatic heterocycles. The third-order valence-corrected chi connectivity index (χ3v) is 3.16. The molecule has 1 aliphatic rings. The Morgan fingerprint density at radius 2 is 2.05 bits per heavy atom. The Balaban J connectivity index is 1.53. The summed E-state index contributed by atoms with van der Waals surface area (Å²) in [6.45, 7) is 0.894. The lowest BCUT2D eigenvalue weighted by Gasteiger charge is -1.97. The van der Waals surface area contributed by atoms with Crippen LogP contribution < -0.4 is 5.32 Å². The zero-order valence-electron chi connectivity index (χ0n) is 10.7. The third kappa shape index (κ3) is 3.54. The fourth-order valence-electron chi connectivity index (χ4n) is 1.93. The van der Waals surface area contributed by atoms with Crippen molar-refractivity contribution in [3.63, 3.8) is 0 Å². The number of aromatic nitrogens is 2. The molecule has 1 aromatic carbocycles. The minimum atomic E-state index is 0.267. The van der Waals surface area contributed by atoms with Crippen LogP contribution in [0.1, 0.15) is 30.1 Å². The highest BCUT2D eigenvalue weighted by molar-refractivity contribution is 5.27. The first-order chi connectivity index (χ1) is 9.29. The van der Waals surface area contributed by atoms with Crippen LogP contribution in [0.4, 0.5) is 0 Å². The van der Waals surface area contributed by atoms with Gasteiger partial charge in [0.25, 0.3) is 0 Å². The maximum absolute atomic E-state index is 9.22. The van der Waals surface area contributed by atoms with Gasteiger partial charge in [-0.15, -0.1) is 0 Å². The summed E-state index contributed by atoms with van der Waals surface area (Å²) in [5.41, 5.74) is 1.06. The van der Waals surface area contributed by atoms with E-state index in [1.54, 1.807) is 12.1 Å². The summed E-state index contributed by atoms with van der Waals surface area (Å²) in [6.07, 6.45) is 3.98. The molecule has 0 amide bonds. The van der Waals surface area contributed by atoms with E-state index in [4.69, 9.17) is 4.52 Å². The lowest BCUT2D eigenvalue weighted by molar-refractivity contribution is 0.371. The van der Waals surface area contributed by atoms with Gasteiger partial charge < -0.3 is 14.9 Å². The van der Waals surface area contributed by atoms with Gasteiger partial charge in [-0.05, 0) is 30.5 Å². The van der Waals surface area contributed by atoms with Crippen LogP contribution in [0.2, 0.25) is 0 Å². The van der Waals surface area contributed by atoms with Crippen molar-refractivity contribution < 1.29 is 9.63 Å². The number of nitrogens with zero attached hydrogens (tertiary/aromatic N) is 2. The van der Waals surface area contributed by atoms with Gasteiger partial charge in [-0.25, -0.2) is 0 Å². The normalized spacial score (nSPS) is 14.7. The van der Waals surface area contributed by atoms with Crippen molar-refractivity contribution >= 4 is 0 Å². The van der Waals surface area contributed by atoms with Crippen molar-refractivity contribution in [3.8, 4) is 5.75 Å². The Morgan fingerprint density at radius 1 is 1.26 bits per heavy atom. The van der Waals surface area contributed by atoms with Gasteiger partial charge in [-0.3, -0.25) is 0 Å². The molecule has 5 nitrogen and oxygen atoms in total. The number of nitrogens with one attached hydrogen (secondary N) is 1. The van der Waals surface area contributed by atoms with Gasteiger partial charge in [0.15, 0.2) is 5.82 Å². The molecular weight excluding hydrogens is 242 g/mol. The molecule has 0 saturated heterocycles.